The van der Waals surface area contributed by atoms with Crippen molar-refractivity contribution in [2.75, 3.05) is 7.11 Å². The van der Waals surface area contributed by atoms with Gasteiger partial charge in [-0.2, -0.15) is 0 Å². The van der Waals surface area contributed by atoms with Gasteiger partial charge in [0.15, 0.2) is 0 Å². The molecule has 0 amide bonds. The number of methoxy groups -OCH3 is 1. The zero-order chi connectivity index (χ0) is 15.0. The van der Waals surface area contributed by atoms with Crippen molar-refractivity contribution in [1.29, 1.82) is 0 Å². The first-order chi connectivity index (χ1) is 10.1. The molecule has 110 valence electrons. The smallest absolute Gasteiger partial charge is 0.207 e. The highest BCUT2D eigenvalue weighted by Gasteiger charge is 2.37. The molecule has 3 atom stereocenters. The molecule has 21 heavy (non-hydrogen) atoms. The maximum Gasteiger partial charge on any atom is 0.207 e. The molecule has 3 N–H and O–H groups in total. The Bertz CT molecular complexity index is 638. The highest BCUT2D eigenvalue weighted by molar-refractivity contribution is 5.45. The molecule has 5 nitrogen and oxygen atoms in total. The van der Waals surface area contributed by atoms with Crippen LogP contribution in [0.25, 0.3) is 0 Å². The molecular formula is C16H16O5. The van der Waals surface area contributed by atoms with Crippen LogP contribution in [0.5, 0.6) is 17.2 Å². The molecule has 1 aliphatic heterocycles. The number of benzene rings is 2. The Morgan fingerprint density at radius 2 is 1.76 bits per heavy atom. The molecule has 0 bridgehead atoms. The zero-order valence-corrected chi connectivity index (χ0v) is 11.4. The SMILES string of the molecule is COc1ccc(C2C(O)Oc3cc(O)ccc3C2O)cc1. The van der Waals surface area contributed by atoms with Gasteiger partial charge < -0.3 is 24.8 Å². The van der Waals surface area contributed by atoms with Crippen molar-refractivity contribution in [3.8, 4) is 17.2 Å². The van der Waals surface area contributed by atoms with Crippen molar-refractivity contribution in [2.24, 2.45) is 0 Å². The van der Waals surface area contributed by atoms with E-state index in [0.29, 0.717) is 17.1 Å². The lowest BCUT2D eigenvalue weighted by Crippen LogP contribution is -2.34. The van der Waals surface area contributed by atoms with Crippen LogP contribution in [0.15, 0.2) is 42.5 Å². The molecule has 0 radical (unpaired) electrons. The van der Waals surface area contributed by atoms with E-state index in [0.717, 1.165) is 5.56 Å². The molecule has 3 unspecified atom stereocenters. The Morgan fingerprint density at radius 3 is 2.43 bits per heavy atom. The van der Waals surface area contributed by atoms with Crippen LogP contribution in [-0.2, 0) is 0 Å². The maximum atomic E-state index is 10.5. The van der Waals surface area contributed by atoms with E-state index >= 15 is 0 Å². The second-order valence-corrected chi connectivity index (χ2v) is 4.97. The number of phenols is 1. The topological polar surface area (TPSA) is 79.2 Å². The largest absolute Gasteiger partial charge is 0.508 e. The molecule has 3 rings (SSSR count). The highest BCUT2D eigenvalue weighted by Crippen LogP contribution is 2.44. The zero-order valence-electron chi connectivity index (χ0n) is 11.4. The fourth-order valence-corrected chi connectivity index (χ4v) is 2.60. The van der Waals surface area contributed by atoms with Gasteiger partial charge in [-0.1, -0.05) is 12.1 Å². The van der Waals surface area contributed by atoms with E-state index in [2.05, 4.69) is 0 Å². The number of phenolic OH excluding ortho intramolecular Hbond substituents is 1. The van der Waals surface area contributed by atoms with Gasteiger partial charge in [0.1, 0.15) is 17.2 Å². The van der Waals surface area contributed by atoms with Gasteiger partial charge in [-0.25, -0.2) is 0 Å². The fourth-order valence-electron chi connectivity index (χ4n) is 2.60. The number of aliphatic hydroxyl groups excluding tert-OH is 2. The molecular weight excluding hydrogens is 272 g/mol. The van der Waals surface area contributed by atoms with E-state index in [1.165, 1.54) is 12.1 Å². The molecule has 0 spiro atoms. The van der Waals surface area contributed by atoms with E-state index < -0.39 is 18.3 Å². The third kappa shape index (κ3) is 2.41. The molecule has 2 aromatic carbocycles. The molecule has 5 heteroatoms. The molecule has 0 aromatic heterocycles. The first-order valence-electron chi connectivity index (χ1n) is 6.60. The molecule has 0 saturated carbocycles. The second kappa shape index (κ2) is 5.27. The van der Waals surface area contributed by atoms with Crippen LogP contribution >= 0.6 is 0 Å². The number of rotatable bonds is 2. The number of aromatic hydroxyl groups is 1. The lowest BCUT2D eigenvalue weighted by atomic mass is 9.86. The van der Waals surface area contributed by atoms with Gasteiger partial charge in [0.2, 0.25) is 6.29 Å². The van der Waals surface area contributed by atoms with Crippen LogP contribution in [-0.4, -0.2) is 28.7 Å². The lowest BCUT2D eigenvalue weighted by Gasteiger charge is -2.34. The van der Waals surface area contributed by atoms with E-state index in [-0.39, 0.29) is 5.75 Å². The van der Waals surface area contributed by atoms with Gasteiger partial charge in [0.25, 0.3) is 0 Å². The standard InChI is InChI=1S/C16H16O5/c1-20-11-5-2-9(3-6-11)14-15(18)12-7-4-10(17)8-13(12)21-16(14)19/h2-8,14-19H,1H3. The van der Waals surface area contributed by atoms with Crippen LogP contribution in [0.3, 0.4) is 0 Å². The molecule has 2 aromatic rings. The normalized spacial score (nSPS) is 24.0. The van der Waals surface area contributed by atoms with Gasteiger partial charge in [-0.15, -0.1) is 0 Å². The number of aliphatic hydroxyl groups is 2. The number of fused-ring (bicyclic) bond motifs is 1. The van der Waals surface area contributed by atoms with Crippen LogP contribution in [0.4, 0.5) is 0 Å². The number of hydrogen-bond donors (Lipinski definition) is 3. The Kier molecular flexibility index (Phi) is 3.45. The first kappa shape index (κ1) is 13.7. The Labute approximate surface area is 122 Å². The summed E-state index contributed by atoms with van der Waals surface area (Å²) in [5.74, 6) is 0.411. The third-order valence-corrected chi connectivity index (χ3v) is 3.71. The van der Waals surface area contributed by atoms with Crippen molar-refractivity contribution >= 4 is 0 Å². The summed E-state index contributed by atoms with van der Waals surface area (Å²) in [5.41, 5.74) is 1.29. The lowest BCUT2D eigenvalue weighted by molar-refractivity contribution is -0.0883. The van der Waals surface area contributed by atoms with Crippen molar-refractivity contribution < 1.29 is 24.8 Å². The van der Waals surface area contributed by atoms with Crippen molar-refractivity contribution in [2.45, 2.75) is 18.3 Å². The monoisotopic (exact) mass is 288 g/mol. The molecule has 1 heterocycles. The average Bonchev–Trinajstić information content (AvgIpc) is 2.47. The molecule has 1 aliphatic rings. The van der Waals surface area contributed by atoms with Gasteiger partial charge in [-0.3, -0.25) is 0 Å². The fraction of sp³-hybridized carbons (Fsp3) is 0.250. The predicted octanol–water partition coefficient (Wildman–Crippen LogP) is 1.93. The number of ether oxygens (including phenoxy) is 2. The van der Waals surface area contributed by atoms with Crippen LogP contribution < -0.4 is 9.47 Å². The third-order valence-electron chi connectivity index (χ3n) is 3.71. The summed E-state index contributed by atoms with van der Waals surface area (Å²) in [6.45, 7) is 0. The minimum Gasteiger partial charge on any atom is -0.508 e. The highest BCUT2D eigenvalue weighted by atomic mass is 16.6. The minimum absolute atomic E-state index is 0.0241. The first-order valence-corrected chi connectivity index (χ1v) is 6.60. The second-order valence-electron chi connectivity index (χ2n) is 4.97. The summed E-state index contributed by atoms with van der Waals surface area (Å²) < 4.78 is 10.5. The summed E-state index contributed by atoms with van der Waals surface area (Å²) in [5, 5.41) is 30.1. The van der Waals surface area contributed by atoms with E-state index in [9.17, 15) is 15.3 Å². The Balaban J connectivity index is 1.97. The van der Waals surface area contributed by atoms with Crippen molar-refractivity contribution in [3.63, 3.8) is 0 Å². The maximum absolute atomic E-state index is 10.5. The molecule has 0 aliphatic carbocycles. The van der Waals surface area contributed by atoms with Crippen molar-refractivity contribution in [1.82, 2.24) is 0 Å². The van der Waals surface area contributed by atoms with Crippen LogP contribution in [0, 0.1) is 0 Å². The minimum atomic E-state index is -1.19. The molecule has 0 fully saturated rings. The van der Waals surface area contributed by atoms with E-state index in [1.807, 2.05) is 0 Å². The van der Waals surface area contributed by atoms with Gasteiger partial charge in [0.05, 0.1) is 19.1 Å². The summed E-state index contributed by atoms with van der Waals surface area (Å²) in [4.78, 5) is 0. The predicted molar refractivity (Wildman–Crippen MR) is 75.4 cm³/mol. The summed E-state index contributed by atoms with van der Waals surface area (Å²) in [6, 6.07) is 11.6. The van der Waals surface area contributed by atoms with Gasteiger partial charge in [-0.05, 0) is 29.8 Å². The summed E-state index contributed by atoms with van der Waals surface area (Å²) in [6.07, 6.45) is -2.11. The molecule has 0 saturated heterocycles. The quantitative estimate of drug-likeness (QED) is 0.787. The van der Waals surface area contributed by atoms with Crippen LogP contribution in [0.2, 0.25) is 0 Å². The van der Waals surface area contributed by atoms with E-state index in [4.69, 9.17) is 9.47 Å². The van der Waals surface area contributed by atoms with Gasteiger partial charge in [0, 0.05) is 11.6 Å². The van der Waals surface area contributed by atoms with Gasteiger partial charge >= 0.3 is 0 Å². The summed E-state index contributed by atoms with van der Waals surface area (Å²) in [7, 11) is 1.57. The van der Waals surface area contributed by atoms with E-state index in [1.54, 1.807) is 37.4 Å². The summed E-state index contributed by atoms with van der Waals surface area (Å²) >= 11 is 0. The average molecular weight is 288 g/mol. The number of hydrogen-bond acceptors (Lipinski definition) is 5. The van der Waals surface area contributed by atoms with Crippen LogP contribution in [0.1, 0.15) is 23.1 Å². The Hall–Kier alpha value is -2.24. The Morgan fingerprint density at radius 1 is 1.05 bits per heavy atom. The van der Waals surface area contributed by atoms with Crippen molar-refractivity contribution in [3.05, 3.63) is 53.6 Å².